The summed E-state index contributed by atoms with van der Waals surface area (Å²) in [5.41, 5.74) is 0. The molecule has 1 saturated carbocycles. The van der Waals surface area contributed by atoms with E-state index in [1.54, 1.807) is 14.2 Å². The summed E-state index contributed by atoms with van der Waals surface area (Å²) in [6.07, 6.45) is 5.60. The van der Waals surface area contributed by atoms with Gasteiger partial charge in [-0.2, -0.15) is 0 Å². The highest BCUT2D eigenvalue weighted by Crippen LogP contribution is 2.29. The highest BCUT2D eigenvalue weighted by molar-refractivity contribution is 6.44. The van der Waals surface area contributed by atoms with Gasteiger partial charge in [-0.3, -0.25) is 0 Å². The molecule has 1 aliphatic rings. The first kappa shape index (κ1) is 9.23. The molecule has 0 aromatic heterocycles. The van der Waals surface area contributed by atoms with Crippen LogP contribution in [0.4, 0.5) is 0 Å². The normalized spacial score (nSPS) is 19.9. The Morgan fingerprint density at radius 3 is 2.18 bits per heavy atom. The van der Waals surface area contributed by atoms with Crippen molar-refractivity contribution in [2.75, 3.05) is 14.2 Å². The summed E-state index contributed by atoms with van der Waals surface area (Å²) in [4.78, 5) is 0. The Bertz CT molecular complexity index is 98.3. The summed E-state index contributed by atoms with van der Waals surface area (Å²) in [6.45, 7) is 0. The molecule has 0 aromatic rings. The highest BCUT2D eigenvalue weighted by Gasteiger charge is 2.22. The Labute approximate surface area is 70.7 Å². The lowest BCUT2D eigenvalue weighted by atomic mass is 10.1. The monoisotopic (exact) mass is 173 g/mol. The van der Waals surface area contributed by atoms with E-state index in [9.17, 15) is 0 Å². The molecule has 0 N–H and O–H groups in total. The third-order valence-electron chi connectivity index (χ3n) is 2.39. The molecule has 0 amide bonds. The molecule has 0 aliphatic heterocycles. The maximum absolute atomic E-state index is 5.24. The fraction of sp³-hybridized carbons (Fsp3) is 1.00. The van der Waals surface area contributed by atoms with Crippen molar-refractivity contribution in [1.82, 2.24) is 0 Å². The highest BCUT2D eigenvalue weighted by atomic mass is 28.3. The third kappa shape index (κ3) is 2.93. The van der Waals surface area contributed by atoms with Crippen LogP contribution in [0.3, 0.4) is 0 Å². The van der Waals surface area contributed by atoms with Crippen LogP contribution in [0.25, 0.3) is 0 Å². The van der Waals surface area contributed by atoms with Crippen LogP contribution in [0.1, 0.15) is 25.7 Å². The summed E-state index contributed by atoms with van der Waals surface area (Å²) in [6, 6.07) is 1.18. The fourth-order valence-electron chi connectivity index (χ4n) is 1.70. The topological polar surface area (TPSA) is 18.5 Å². The predicted octanol–water partition coefficient (Wildman–Crippen LogP) is 1.96. The van der Waals surface area contributed by atoms with Crippen LogP contribution in [0.2, 0.25) is 6.04 Å². The van der Waals surface area contributed by atoms with E-state index in [1.165, 1.54) is 31.7 Å². The van der Waals surface area contributed by atoms with Gasteiger partial charge in [-0.05, 0) is 12.0 Å². The van der Waals surface area contributed by atoms with E-state index in [0.717, 1.165) is 5.92 Å². The van der Waals surface area contributed by atoms with Crippen molar-refractivity contribution in [2.45, 2.75) is 31.7 Å². The van der Waals surface area contributed by atoms with Gasteiger partial charge in [0.05, 0.1) is 0 Å². The van der Waals surface area contributed by atoms with E-state index >= 15 is 0 Å². The van der Waals surface area contributed by atoms with Gasteiger partial charge < -0.3 is 8.85 Å². The zero-order valence-electron chi connectivity index (χ0n) is 7.43. The Balaban J connectivity index is 2.16. The first-order valence-electron chi connectivity index (χ1n) is 4.30. The molecule has 1 fully saturated rings. The second-order valence-electron chi connectivity index (χ2n) is 3.13. The molecule has 2 nitrogen and oxygen atoms in total. The molecule has 1 aliphatic carbocycles. The molecule has 0 bridgehead atoms. The van der Waals surface area contributed by atoms with Gasteiger partial charge in [-0.25, -0.2) is 0 Å². The molecule has 0 saturated heterocycles. The van der Waals surface area contributed by atoms with Gasteiger partial charge in [-0.15, -0.1) is 0 Å². The molecule has 3 heteroatoms. The molecule has 11 heavy (non-hydrogen) atoms. The van der Waals surface area contributed by atoms with Gasteiger partial charge in [0, 0.05) is 14.2 Å². The molecule has 1 radical (unpaired) electrons. The Hall–Kier alpha value is 0.137. The first-order valence-corrected chi connectivity index (χ1v) is 5.83. The van der Waals surface area contributed by atoms with Crippen molar-refractivity contribution in [1.29, 1.82) is 0 Å². The van der Waals surface area contributed by atoms with Gasteiger partial charge in [0.15, 0.2) is 0 Å². The van der Waals surface area contributed by atoms with Gasteiger partial charge in [-0.1, -0.05) is 25.7 Å². The van der Waals surface area contributed by atoms with Crippen molar-refractivity contribution in [3.05, 3.63) is 0 Å². The van der Waals surface area contributed by atoms with Gasteiger partial charge in [0.1, 0.15) is 0 Å². The Kier molecular flexibility index (Phi) is 4.11. The molecular formula is C8H17O2Si. The maximum atomic E-state index is 5.24. The van der Waals surface area contributed by atoms with E-state index in [-0.39, 0.29) is 0 Å². The summed E-state index contributed by atoms with van der Waals surface area (Å²) in [7, 11) is 2.61. The number of rotatable bonds is 4. The first-order chi connectivity index (χ1) is 5.36. The second-order valence-corrected chi connectivity index (χ2v) is 5.10. The lowest BCUT2D eigenvalue weighted by Crippen LogP contribution is -2.21. The zero-order valence-corrected chi connectivity index (χ0v) is 8.43. The van der Waals surface area contributed by atoms with Crippen LogP contribution in [-0.2, 0) is 8.85 Å². The molecule has 0 spiro atoms. The van der Waals surface area contributed by atoms with Crippen LogP contribution < -0.4 is 0 Å². The quantitative estimate of drug-likeness (QED) is 0.605. The van der Waals surface area contributed by atoms with E-state index in [4.69, 9.17) is 8.85 Å². The van der Waals surface area contributed by atoms with Crippen molar-refractivity contribution >= 4 is 9.28 Å². The third-order valence-corrected chi connectivity index (χ3v) is 4.21. The lowest BCUT2D eigenvalue weighted by molar-refractivity contribution is 0.270. The fourth-order valence-corrected chi connectivity index (χ4v) is 3.08. The van der Waals surface area contributed by atoms with Crippen molar-refractivity contribution in [3.63, 3.8) is 0 Å². The van der Waals surface area contributed by atoms with Crippen LogP contribution in [0.15, 0.2) is 0 Å². The SMILES string of the molecule is CO[Si](CC1CCCC1)OC. The molecule has 1 rings (SSSR count). The zero-order chi connectivity index (χ0) is 8.10. The molecule has 0 heterocycles. The van der Waals surface area contributed by atoms with Crippen molar-refractivity contribution < 1.29 is 8.85 Å². The molecule has 0 aromatic carbocycles. The summed E-state index contributed by atoms with van der Waals surface area (Å²) in [5, 5.41) is 0. The number of hydrogen-bond acceptors (Lipinski definition) is 2. The van der Waals surface area contributed by atoms with Crippen LogP contribution in [-0.4, -0.2) is 23.5 Å². The van der Waals surface area contributed by atoms with Crippen molar-refractivity contribution in [2.24, 2.45) is 5.92 Å². The smallest absolute Gasteiger partial charge is 0.384 e. The predicted molar refractivity (Wildman–Crippen MR) is 46.5 cm³/mol. The minimum atomic E-state index is -0.906. The van der Waals surface area contributed by atoms with E-state index in [1.807, 2.05) is 0 Å². The molecule has 0 atom stereocenters. The molecule has 0 unspecified atom stereocenters. The van der Waals surface area contributed by atoms with E-state index in [0.29, 0.717) is 0 Å². The van der Waals surface area contributed by atoms with Crippen LogP contribution in [0.5, 0.6) is 0 Å². The van der Waals surface area contributed by atoms with Gasteiger partial charge >= 0.3 is 9.28 Å². The minimum absolute atomic E-state index is 0.892. The number of hydrogen-bond donors (Lipinski definition) is 0. The standard InChI is InChI=1S/C8H17O2Si/c1-9-11(10-2)7-8-5-3-4-6-8/h8H,3-7H2,1-2H3. The van der Waals surface area contributed by atoms with Gasteiger partial charge in [0.25, 0.3) is 0 Å². The second kappa shape index (κ2) is 4.90. The van der Waals surface area contributed by atoms with Crippen LogP contribution in [0, 0.1) is 5.92 Å². The molecular weight excluding hydrogens is 156 g/mol. The lowest BCUT2D eigenvalue weighted by Gasteiger charge is -2.13. The minimum Gasteiger partial charge on any atom is -0.397 e. The maximum Gasteiger partial charge on any atom is 0.384 e. The van der Waals surface area contributed by atoms with E-state index < -0.39 is 9.28 Å². The Morgan fingerprint density at radius 2 is 1.73 bits per heavy atom. The van der Waals surface area contributed by atoms with Gasteiger partial charge in [0.2, 0.25) is 0 Å². The van der Waals surface area contributed by atoms with Crippen LogP contribution >= 0.6 is 0 Å². The Morgan fingerprint density at radius 1 is 1.18 bits per heavy atom. The summed E-state index contributed by atoms with van der Waals surface area (Å²) >= 11 is 0. The largest absolute Gasteiger partial charge is 0.397 e. The average molecular weight is 173 g/mol. The summed E-state index contributed by atoms with van der Waals surface area (Å²) < 4.78 is 10.5. The average Bonchev–Trinajstić information content (AvgIpc) is 2.52. The van der Waals surface area contributed by atoms with E-state index in [2.05, 4.69) is 0 Å². The summed E-state index contributed by atoms with van der Waals surface area (Å²) in [5.74, 6) is 0.892. The van der Waals surface area contributed by atoms with Crippen molar-refractivity contribution in [3.8, 4) is 0 Å². The molecule has 65 valence electrons.